The molecule has 0 unspecified atom stereocenters. The molecule has 2 heterocycles. The van der Waals surface area contributed by atoms with E-state index in [0.29, 0.717) is 36.8 Å². The Morgan fingerprint density at radius 3 is 2.64 bits per heavy atom. The van der Waals surface area contributed by atoms with Crippen LogP contribution in [0.5, 0.6) is 5.75 Å². The summed E-state index contributed by atoms with van der Waals surface area (Å²) in [5, 5.41) is 0. The van der Waals surface area contributed by atoms with Crippen molar-refractivity contribution in [2.24, 2.45) is 0 Å². The first-order valence-electron chi connectivity index (χ1n) is 7.71. The molecule has 2 aliphatic rings. The normalized spacial score (nSPS) is 22.7. The van der Waals surface area contributed by atoms with Gasteiger partial charge in [0, 0.05) is 47.6 Å². The molecule has 5 nitrogen and oxygen atoms in total. The Labute approximate surface area is 133 Å². The maximum atomic E-state index is 12.4. The van der Waals surface area contributed by atoms with Crippen molar-refractivity contribution >= 4 is 16.7 Å². The van der Waals surface area contributed by atoms with Crippen molar-refractivity contribution in [3.8, 4) is 5.75 Å². The van der Waals surface area contributed by atoms with E-state index in [1.807, 2.05) is 12.1 Å². The molecule has 1 aromatic rings. The Hall–Kier alpha value is -1.40. The van der Waals surface area contributed by atoms with E-state index in [1.165, 1.54) is 0 Å². The number of carbonyl (C=O) groups is 1. The third kappa shape index (κ3) is 3.87. The van der Waals surface area contributed by atoms with Gasteiger partial charge in [0.15, 0.2) is 0 Å². The quantitative estimate of drug-likeness (QED) is 0.841. The van der Waals surface area contributed by atoms with E-state index in [9.17, 15) is 9.00 Å². The van der Waals surface area contributed by atoms with E-state index in [-0.39, 0.29) is 12.0 Å². The van der Waals surface area contributed by atoms with Crippen LogP contribution in [0.2, 0.25) is 0 Å². The summed E-state index contributed by atoms with van der Waals surface area (Å²) in [7, 11) is -0.767. The van der Waals surface area contributed by atoms with Gasteiger partial charge in [0.2, 0.25) is 0 Å². The molecular weight excluding hydrogens is 302 g/mol. The zero-order chi connectivity index (χ0) is 15.4. The molecule has 2 fully saturated rings. The van der Waals surface area contributed by atoms with Gasteiger partial charge in [-0.1, -0.05) is 0 Å². The summed E-state index contributed by atoms with van der Waals surface area (Å²) < 4.78 is 22.5. The van der Waals surface area contributed by atoms with Gasteiger partial charge in [-0.05, 0) is 37.1 Å². The third-order valence-corrected chi connectivity index (χ3v) is 5.30. The van der Waals surface area contributed by atoms with Crippen molar-refractivity contribution < 1.29 is 18.5 Å². The van der Waals surface area contributed by atoms with Gasteiger partial charge in [-0.15, -0.1) is 0 Å². The summed E-state index contributed by atoms with van der Waals surface area (Å²) in [5.41, 5.74) is 0.650. The molecule has 22 heavy (non-hydrogen) atoms. The lowest BCUT2D eigenvalue weighted by molar-refractivity contribution is 0.0679. The van der Waals surface area contributed by atoms with Gasteiger partial charge in [-0.2, -0.15) is 0 Å². The number of benzene rings is 1. The minimum absolute atomic E-state index is 0.00220. The first-order valence-corrected chi connectivity index (χ1v) is 9.20. The fourth-order valence-electron chi connectivity index (χ4n) is 2.68. The fourth-order valence-corrected chi connectivity index (χ4v) is 3.73. The molecule has 3 rings (SSSR count). The molecule has 0 saturated carbocycles. The van der Waals surface area contributed by atoms with Crippen LogP contribution < -0.4 is 4.74 Å². The summed E-state index contributed by atoms with van der Waals surface area (Å²) >= 11 is 0. The first-order chi connectivity index (χ1) is 10.7. The average Bonchev–Trinajstić information content (AvgIpc) is 3.07. The molecule has 2 saturated heterocycles. The first kappa shape index (κ1) is 15.5. The van der Waals surface area contributed by atoms with Crippen LogP contribution in [0.3, 0.4) is 0 Å². The predicted octanol–water partition coefficient (Wildman–Crippen LogP) is 1.45. The number of hydrogen-bond acceptors (Lipinski definition) is 4. The van der Waals surface area contributed by atoms with Gasteiger partial charge >= 0.3 is 0 Å². The monoisotopic (exact) mass is 323 g/mol. The molecule has 2 aliphatic heterocycles. The summed E-state index contributed by atoms with van der Waals surface area (Å²) in [6.45, 7) is 2.53. The zero-order valence-electron chi connectivity index (χ0n) is 12.5. The van der Waals surface area contributed by atoms with Crippen molar-refractivity contribution in [2.45, 2.75) is 18.9 Å². The zero-order valence-corrected chi connectivity index (χ0v) is 13.3. The highest BCUT2D eigenvalue weighted by Gasteiger charge is 2.21. The van der Waals surface area contributed by atoms with E-state index in [0.717, 1.165) is 25.2 Å². The summed E-state index contributed by atoms with van der Waals surface area (Å²) in [6.07, 6.45) is 2.34. The Morgan fingerprint density at radius 2 is 2.00 bits per heavy atom. The van der Waals surface area contributed by atoms with Crippen LogP contribution in [0.4, 0.5) is 0 Å². The number of ether oxygens (including phenoxy) is 2. The molecule has 0 aliphatic carbocycles. The number of rotatable bonds is 4. The van der Waals surface area contributed by atoms with Crippen molar-refractivity contribution in [1.29, 1.82) is 0 Å². The Kier molecular flexibility index (Phi) is 5.10. The molecule has 0 aromatic heterocycles. The molecule has 1 amide bonds. The fraction of sp³-hybridized carbons (Fsp3) is 0.562. The van der Waals surface area contributed by atoms with Gasteiger partial charge in [0.25, 0.3) is 5.91 Å². The van der Waals surface area contributed by atoms with Crippen LogP contribution in [-0.2, 0) is 15.5 Å². The van der Waals surface area contributed by atoms with Gasteiger partial charge < -0.3 is 14.4 Å². The van der Waals surface area contributed by atoms with Gasteiger partial charge in [0.05, 0.1) is 6.10 Å². The van der Waals surface area contributed by atoms with Crippen LogP contribution in [0, 0.1) is 0 Å². The van der Waals surface area contributed by atoms with Crippen LogP contribution >= 0.6 is 0 Å². The summed E-state index contributed by atoms with van der Waals surface area (Å²) in [4.78, 5) is 14.1. The Bertz CT molecular complexity index is 530. The summed E-state index contributed by atoms with van der Waals surface area (Å²) in [6, 6.07) is 7.23. The SMILES string of the molecule is O=C(c1ccc(OC[C@@H]2CCCO2)cc1)N1CCS(=O)CC1. The van der Waals surface area contributed by atoms with Gasteiger partial charge in [0.1, 0.15) is 12.4 Å². The van der Waals surface area contributed by atoms with Crippen LogP contribution in [0.1, 0.15) is 23.2 Å². The van der Waals surface area contributed by atoms with Crippen molar-refractivity contribution in [2.75, 3.05) is 37.8 Å². The topological polar surface area (TPSA) is 55.8 Å². The van der Waals surface area contributed by atoms with E-state index in [4.69, 9.17) is 9.47 Å². The summed E-state index contributed by atoms with van der Waals surface area (Å²) in [5.74, 6) is 1.91. The van der Waals surface area contributed by atoms with Crippen molar-refractivity contribution in [1.82, 2.24) is 4.90 Å². The van der Waals surface area contributed by atoms with Crippen LogP contribution in [0.15, 0.2) is 24.3 Å². The molecule has 0 radical (unpaired) electrons. The standard InChI is InChI=1S/C16H21NO4S/c18-16(17-7-10-22(19)11-8-17)13-3-5-14(6-4-13)21-12-15-2-1-9-20-15/h3-6,15H,1-2,7-12H2/t15-/m0/s1. The van der Waals surface area contributed by atoms with E-state index < -0.39 is 10.8 Å². The van der Waals surface area contributed by atoms with E-state index in [2.05, 4.69) is 0 Å². The molecule has 6 heteroatoms. The maximum Gasteiger partial charge on any atom is 0.253 e. The average molecular weight is 323 g/mol. The van der Waals surface area contributed by atoms with E-state index in [1.54, 1.807) is 17.0 Å². The number of carbonyl (C=O) groups excluding carboxylic acids is 1. The maximum absolute atomic E-state index is 12.4. The van der Waals surface area contributed by atoms with Crippen LogP contribution in [-0.4, -0.2) is 58.9 Å². The van der Waals surface area contributed by atoms with Crippen molar-refractivity contribution in [3.63, 3.8) is 0 Å². The molecule has 0 spiro atoms. The lowest BCUT2D eigenvalue weighted by atomic mass is 10.2. The minimum Gasteiger partial charge on any atom is -0.491 e. The molecule has 120 valence electrons. The lowest BCUT2D eigenvalue weighted by Crippen LogP contribution is -2.41. The molecule has 0 bridgehead atoms. The highest BCUT2D eigenvalue weighted by atomic mass is 32.2. The number of amides is 1. The molecular formula is C16H21NO4S. The molecule has 1 atom stereocenters. The van der Waals surface area contributed by atoms with E-state index >= 15 is 0 Å². The second-order valence-corrected chi connectivity index (χ2v) is 7.31. The Balaban J connectivity index is 1.54. The largest absolute Gasteiger partial charge is 0.491 e. The second kappa shape index (κ2) is 7.24. The second-order valence-electron chi connectivity index (χ2n) is 5.61. The Morgan fingerprint density at radius 1 is 1.27 bits per heavy atom. The van der Waals surface area contributed by atoms with Gasteiger partial charge in [-0.25, -0.2) is 0 Å². The number of hydrogen-bond donors (Lipinski definition) is 0. The lowest BCUT2D eigenvalue weighted by Gasteiger charge is -2.26. The smallest absolute Gasteiger partial charge is 0.253 e. The van der Waals surface area contributed by atoms with Crippen LogP contribution in [0.25, 0.3) is 0 Å². The highest BCUT2D eigenvalue weighted by Crippen LogP contribution is 2.17. The molecule has 0 N–H and O–H groups in total. The minimum atomic E-state index is -0.767. The molecule has 1 aromatic carbocycles. The predicted molar refractivity (Wildman–Crippen MR) is 84.7 cm³/mol. The third-order valence-electron chi connectivity index (χ3n) is 4.03. The van der Waals surface area contributed by atoms with Crippen molar-refractivity contribution in [3.05, 3.63) is 29.8 Å². The highest BCUT2D eigenvalue weighted by molar-refractivity contribution is 7.85. The van der Waals surface area contributed by atoms with Gasteiger partial charge in [-0.3, -0.25) is 9.00 Å². The number of nitrogens with zero attached hydrogens (tertiary/aromatic N) is 1.